The van der Waals surface area contributed by atoms with Crippen molar-refractivity contribution in [2.45, 2.75) is 11.8 Å². The maximum atomic E-state index is 12.2. The van der Waals surface area contributed by atoms with Gasteiger partial charge >= 0.3 is 5.97 Å². The molecule has 0 fully saturated rings. The van der Waals surface area contributed by atoms with Gasteiger partial charge in [-0.05, 0) is 43.0 Å². The van der Waals surface area contributed by atoms with E-state index in [9.17, 15) is 19.5 Å². The molecular formula is C20H22N2O5S. The van der Waals surface area contributed by atoms with Crippen LogP contribution >= 0.6 is 11.8 Å². The Balaban J connectivity index is 1.86. The smallest absolute Gasteiger partial charge is 0.342 e. The molecule has 0 bridgehead atoms. The fraction of sp³-hybridized carbons (Fsp3) is 0.250. The van der Waals surface area contributed by atoms with E-state index in [1.54, 1.807) is 19.1 Å². The molecule has 0 heterocycles. The fourth-order valence-electron chi connectivity index (χ4n) is 2.37. The average molecular weight is 402 g/mol. The third-order valence-corrected chi connectivity index (χ3v) is 4.68. The van der Waals surface area contributed by atoms with Crippen LogP contribution in [0.1, 0.15) is 15.9 Å². The van der Waals surface area contributed by atoms with Crippen molar-refractivity contribution in [1.29, 1.82) is 0 Å². The number of carbonyl (C=O) groups is 3. The summed E-state index contributed by atoms with van der Waals surface area (Å²) in [4.78, 5) is 38.4. The molecular weight excluding hydrogens is 380 g/mol. The van der Waals surface area contributed by atoms with E-state index in [-0.39, 0.29) is 23.8 Å². The maximum Gasteiger partial charge on any atom is 0.342 e. The van der Waals surface area contributed by atoms with Crippen molar-refractivity contribution in [3.63, 3.8) is 0 Å². The molecule has 2 amide bonds. The van der Waals surface area contributed by atoms with Gasteiger partial charge in [-0.15, -0.1) is 11.8 Å². The van der Waals surface area contributed by atoms with E-state index in [1.165, 1.54) is 35.8 Å². The molecule has 0 aliphatic heterocycles. The second-order valence-electron chi connectivity index (χ2n) is 6.09. The van der Waals surface area contributed by atoms with Crippen molar-refractivity contribution < 1.29 is 24.2 Å². The quantitative estimate of drug-likeness (QED) is 0.546. The van der Waals surface area contributed by atoms with Crippen LogP contribution in [0, 0.1) is 6.92 Å². The summed E-state index contributed by atoms with van der Waals surface area (Å²) in [6.07, 6.45) is 1.90. The van der Waals surface area contributed by atoms with Crippen LogP contribution in [-0.2, 0) is 14.3 Å². The normalized spacial score (nSPS) is 10.2. The zero-order valence-electron chi connectivity index (χ0n) is 15.9. The number of anilines is 1. The Kier molecular flexibility index (Phi) is 7.45. The number of esters is 1. The lowest BCUT2D eigenvalue weighted by molar-refractivity contribution is -0.136. The maximum absolute atomic E-state index is 12.2. The number of hydrogen-bond acceptors (Lipinski definition) is 6. The van der Waals surface area contributed by atoms with Crippen LogP contribution in [0.15, 0.2) is 47.4 Å². The lowest BCUT2D eigenvalue weighted by Gasteiger charge is -2.17. The number of nitrogens with one attached hydrogen (secondary N) is 1. The van der Waals surface area contributed by atoms with Crippen molar-refractivity contribution in [2.75, 3.05) is 31.8 Å². The van der Waals surface area contributed by atoms with E-state index in [1.807, 2.05) is 24.5 Å². The summed E-state index contributed by atoms with van der Waals surface area (Å²) in [7, 11) is 1.44. The number of phenolic OH excluding ortho intramolecular Hbond substituents is 1. The largest absolute Gasteiger partial charge is 0.507 e. The van der Waals surface area contributed by atoms with Gasteiger partial charge in [0.2, 0.25) is 5.91 Å². The average Bonchev–Trinajstić information content (AvgIpc) is 2.66. The number of ether oxygens (including phenoxy) is 1. The zero-order valence-corrected chi connectivity index (χ0v) is 16.7. The number of nitrogens with zero attached hydrogens (tertiary/aromatic N) is 1. The Morgan fingerprint density at radius 3 is 2.57 bits per heavy atom. The molecule has 2 aromatic carbocycles. The Bertz CT molecular complexity index is 885. The first kappa shape index (κ1) is 21.3. The third-order valence-electron chi connectivity index (χ3n) is 3.89. The molecule has 8 heteroatoms. The highest BCUT2D eigenvalue weighted by atomic mass is 32.2. The minimum absolute atomic E-state index is 0.0209. The molecule has 0 saturated carbocycles. The second kappa shape index (κ2) is 9.80. The molecule has 0 radical (unpaired) electrons. The molecule has 148 valence electrons. The van der Waals surface area contributed by atoms with Gasteiger partial charge in [0, 0.05) is 11.9 Å². The van der Waals surface area contributed by atoms with Gasteiger partial charge in [0.05, 0.1) is 12.2 Å². The molecule has 7 nitrogen and oxygen atoms in total. The van der Waals surface area contributed by atoms with Crippen LogP contribution in [-0.4, -0.2) is 54.2 Å². The molecule has 0 saturated heterocycles. The Morgan fingerprint density at radius 1 is 1.18 bits per heavy atom. The second-order valence-corrected chi connectivity index (χ2v) is 6.94. The van der Waals surface area contributed by atoms with E-state index in [4.69, 9.17) is 4.74 Å². The van der Waals surface area contributed by atoms with E-state index >= 15 is 0 Å². The molecule has 0 aliphatic rings. The molecule has 0 aliphatic carbocycles. The molecule has 2 N–H and O–H groups in total. The van der Waals surface area contributed by atoms with Gasteiger partial charge in [-0.1, -0.05) is 18.2 Å². The van der Waals surface area contributed by atoms with Crippen molar-refractivity contribution in [3.05, 3.63) is 53.6 Å². The molecule has 0 atom stereocenters. The standard InChI is InChI=1S/C20H22N2O5S/c1-13-8-9-14(16(23)10-13)20(26)27-12-19(25)22(2)11-18(24)21-15-6-4-5-7-17(15)28-3/h4-10,23H,11-12H2,1-3H3,(H,21,24). The number of aryl methyl sites for hydroxylation is 1. The van der Waals surface area contributed by atoms with Crippen LogP contribution in [0.4, 0.5) is 5.69 Å². The first-order chi connectivity index (χ1) is 13.3. The summed E-state index contributed by atoms with van der Waals surface area (Å²) in [5.74, 6) is -1.91. The number of likely N-dealkylation sites (N-methyl/N-ethyl adjacent to an activating group) is 1. The van der Waals surface area contributed by atoms with Crippen molar-refractivity contribution in [3.8, 4) is 5.75 Å². The molecule has 2 rings (SSSR count). The van der Waals surface area contributed by atoms with Crippen LogP contribution in [0.5, 0.6) is 5.75 Å². The predicted octanol–water partition coefficient (Wildman–Crippen LogP) is 2.68. The number of amides is 2. The van der Waals surface area contributed by atoms with Gasteiger partial charge in [0.25, 0.3) is 5.91 Å². The topological polar surface area (TPSA) is 95.9 Å². The lowest BCUT2D eigenvalue weighted by atomic mass is 10.1. The number of phenols is 1. The Morgan fingerprint density at radius 2 is 1.89 bits per heavy atom. The highest BCUT2D eigenvalue weighted by molar-refractivity contribution is 7.98. The van der Waals surface area contributed by atoms with Crippen LogP contribution in [0.25, 0.3) is 0 Å². The van der Waals surface area contributed by atoms with Gasteiger partial charge < -0.3 is 20.1 Å². The number of carbonyl (C=O) groups excluding carboxylic acids is 3. The summed E-state index contributed by atoms with van der Waals surface area (Å²) in [6.45, 7) is 1.06. The monoisotopic (exact) mass is 402 g/mol. The van der Waals surface area contributed by atoms with E-state index < -0.39 is 18.5 Å². The van der Waals surface area contributed by atoms with Gasteiger partial charge in [-0.3, -0.25) is 9.59 Å². The van der Waals surface area contributed by atoms with Crippen LogP contribution in [0.2, 0.25) is 0 Å². The zero-order chi connectivity index (χ0) is 20.7. The van der Waals surface area contributed by atoms with E-state index in [0.717, 1.165) is 10.5 Å². The Labute approximate surface area is 167 Å². The van der Waals surface area contributed by atoms with E-state index in [0.29, 0.717) is 5.69 Å². The van der Waals surface area contributed by atoms with Crippen molar-refractivity contribution >= 4 is 35.2 Å². The first-order valence-corrected chi connectivity index (χ1v) is 9.68. The molecule has 0 unspecified atom stereocenters. The van der Waals surface area contributed by atoms with Crippen molar-refractivity contribution in [1.82, 2.24) is 4.90 Å². The summed E-state index contributed by atoms with van der Waals surface area (Å²) < 4.78 is 4.94. The van der Waals surface area contributed by atoms with Gasteiger partial charge in [0.15, 0.2) is 6.61 Å². The van der Waals surface area contributed by atoms with E-state index in [2.05, 4.69) is 5.32 Å². The van der Waals surface area contributed by atoms with Crippen molar-refractivity contribution in [2.24, 2.45) is 0 Å². The number of hydrogen-bond donors (Lipinski definition) is 2. The van der Waals surface area contributed by atoms with Gasteiger partial charge in [0.1, 0.15) is 11.3 Å². The summed E-state index contributed by atoms with van der Waals surface area (Å²) >= 11 is 1.50. The molecule has 2 aromatic rings. The van der Waals surface area contributed by atoms with Crippen LogP contribution in [0.3, 0.4) is 0 Å². The summed E-state index contributed by atoms with van der Waals surface area (Å²) in [6, 6.07) is 11.9. The molecule has 28 heavy (non-hydrogen) atoms. The molecule has 0 spiro atoms. The fourth-order valence-corrected chi connectivity index (χ4v) is 2.92. The number of rotatable bonds is 7. The molecule has 0 aromatic heterocycles. The minimum atomic E-state index is -0.808. The predicted molar refractivity (Wildman–Crippen MR) is 108 cm³/mol. The minimum Gasteiger partial charge on any atom is -0.507 e. The highest BCUT2D eigenvalue weighted by Gasteiger charge is 2.18. The highest BCUT2D eigenvalue weighted by Crippen LogP contribution is 2.24. The number of para-hydroxylation sites is 1. The SMILES string of the molecule is CSc1ccccc1NC(=O)CN(C)C(=O)COC(=O)c1ccc(C)cc1O. The third kappa shape index (κ3) is 5.75. The van der Waals surface area contributed by atoms with Gasteiger partial charge in [-0.2, -0.15) is 0 Å². The Hall–Kier alpha value is -3.00. The summed E-state index contributed by atoms with van der Waals surface area (Å²) in [5, 5.41) is 12.5. The number of aromatic hydroxyl groups is 1. The number of benzene rings is 2. The summed E-state index contributed by atoms with van der Waals surface area (Å²) in [5.41, 5.74) is 1.44. The van der Waals surface area contributed by atoms with Crippen LogP contribution < -0.4 is 5.32 Å². The first-order valence-electron chi connectivity index (χ1n) is 8.45. The number of thioether (sulfide) groups is 1. The lowest BCUT2D eigenvalue weighted by Crippen LogP contribution is -2.37. The van der Waals surface area contributed by atoms with Gasteiger partial charge in [-0.25, -0.2) is 4.79 Å².